The molecule has 4 aromatic rings. The summed E-state index contributed by atoms with van der Waals surface area (Å²) in [6.45, 7) is 5.30. The van der Waals surface area contributed by atoms with E-state index in [1.165, 1.54) is 12.3 Å². The van der Waals surface area contributed by atoms with E-state index in [4.69, 9.17) is 43.1 Å². The highest BCUT2D eigenvalue weighted by atomic mass is 35.5. The number of aromatic nitrogens is 1. The molecule has 0 spiro atoms. The van der Waals surface area contributed by atoms with Crippen LogP contribution in [0.4, 0.5) is 0 Å². The van der Waals surface area contributed by atoms with E-state index in [0.29, 0.717) is 40.1 Å². The van der Waals surface area contributed by atoms with Crippen molar-refractivity contribution in [2.24, 2.45) is 5.73 Å². The van der Waals surface area contributed by atoms with Gasteiger partial charge in [-0.15, -0.1) is 11.6 Å². The van der Waals surface area contributed by atoms with Crippen LogP contribution in [0.5, 0.6) is 17.2 Å². The van der Waals surface area contributed by atoms with Crippen LogP contribution in [0.15, 0.2) is 67.0 Å². The molecule has 0 saturated carbocycles. The summed E-state index contributed by atoms with van der Waals surface area (Å²) in [6.07, 6.45) is 3.63. The molecule has 9 heteroatoms. The van der Waals surface area contributed by atoms with Crippen molar-refractivity contribution in [3.63, 3.8) is 0 Å². The summed E-state index contributed by atoms with van der Waals surface area (Å²) >= 11 is 12.3. The monoisotopic (exact) mass is 594 g/mol. The number of alkyl halides is 1. The first-order chi connectivity index (χ1) is 19.8. The highest BCUT2D eigenvalue weighted by molar-refractivity contribution is 6.32. The highest BCUT2D eigenvalue weighted by Crippen LogP contribution is 2.36. The van der Waals surface area contributed by atoms with Gasteiger partial charge in [0.25, 0.3) is 0 Å². The molecule has 214 valence electrons. The largest absolute Gasteiger partial charge is 0.493 e. The number of benzene rings is 3. The van der Waals surface area contributed by atoms with Gasteiger partial charge in [0.05, 0.1) is 17.2 Å². The van der Waals surface area contributed by atoms with Crippen LogP contribution in [0.3, 0.4) is 0 Å². The van der Waals surface area contributed by atoms with Gasteiger partial charge in [0, 0.05) is 42.0 Å². The summed E-state index contributed by atoms with van der Waals surface area (Å²) in [5.74, 6) is 1.30. The maximum Gasteiger partial charge on any atom is 0.337 e. The van der Waals surface area contributed by atoms with E-state index < -0.39 is 5.97 Å². The third-order valence-corrected chi connectivity index (χ3v) is 7.27. The first kappa shape index (κ1) is 30.2. The Morgan fingerprint density at radius 3 is 2.34 bits per heavy atom. The van der Waals surface area contributed by atoms with Crippen LogP contribution in [0.25, 0.3) is 11.1 Å². The number of ether oxygens (including phenoxy) is 3. The predicted octanol–water partition coefficient (Wildman–Crippen LogP) is 7.34. The molecule has 0 atom stereocenters. The minimum Gasteiger partial charge on any atom is -0.493 e. The summed E-state index contributed by atoms with van der Waals surface area (Å²) in [6, 6.07) is 17.1. The number of aromatic carboxylic acids is 1. The quantitative estimate of drug-likeness (QED) is 0.123. The fourth-order valence-corrected chi connectivity index (χ4v) is 4.76. The number of hydrogen-bond acceptors (Lipinski definition) is 6. The smallest absolute Gasteiger partial charge is 0.337 e. The molecule has 1 aromatic heterocycles. The zero-order valence-corrected chi connectivity index (χ0v) is 24.5. The third-order valence-electron chi connectivity index (χ3n) is 6.71. The fraction of sp³-hybridized carbons (Fsp3) is 0.250. The van der Waals surface area contributed by atoms with Crippen molar-refractivity contribution in [2.45, 2.75) is 40.0 Å². The van der Waals surface area contributed by atoms with Crippen molar-refractivity contribution < 1.29 is 24.1 Å². The second kappa shape index (κ2) is 14.2. The number of rotatable bonds is 13. The lowest BCUT2D eigenvalue weighted by molar-refractivity contribution is 0.0696. The summed E-state index contributed by atoms with van der Waals surface area (Å²) in [5.41, 5.74) is 12.7. The average Bonchev–Trinajstić information content (AvgIpc) is 2.97. The maximum absolute atomic E-state index is 11.3. The van der Waals surface area contributed by atoms with E-state index in [0.717, 1.165) is 40.0 Å². The molecule has 3 aromatic carbocycles. The van der Waals surface area contributed by atoms with Gasteiger partial charge in [-0.05, 0) is 66.3 Å². The van der Waals surface area contributed by atoms with E-state index in [2.05, 4.69) is 31.0 Å². The van der Waals surface area contributed by atoms with E-state index >= 15 is 0 Å². The molecule has 0 aliphatic rings. The zero-order chi connectivity index (χ0) is 29.4. The first-order valence-electron chi connectivity index (χ1n) is 13.1. The molecule has 3 N–H and O–H groups in total. The van der Waals surface area contributed by atoms with Gasteiger partial charge in [-0.25, -0.2) is 4.79 Å². The van der Waals surface area contributed by atoms with E-state index in [1.807, 2.05) is 24.3 Å². The molecular formula is C32H32Cl2N2O5. The number of pyridine rings is 1. The van der Waals surface area contributed by atoms with Gasteiger partial charge in [-0.1, -0.05) is 41.9 Å². The molecule has 0 radical (unpaired) electrons. The van der Waals surface area contributed by atoms with Crippen LogP contribution in [-0.4, -0.2) is 28.5 Å². The summed E-state index contributed by atoms with van der Waals surface area (Å²) in [4.78, 5) is 15.2. The number of nitrogens with zero attached hydrogens (tertiary/aromatic N) is 1. The summed E-state index contributed by atoms with van der Waals surface area (Å²) < 4.78 is 18.1. The average molecular weight is 596 g/mol. The summed E-state index contributed by atoms with van der Waals surface area (Å²) in [5, 5.41) is 9.64. The van der Waals surface area contributed by atoms with Crippen molar-refractivity contribution >= 4 is 29.2 Å². The number of carbonyl (C=O) groups is 1. The van der Waals surface area contributed by atoms with Gasteiger partial charge >= 0.3 is 5.97 Å². The Labute approximate surface area is 249 Å². The van der Waals surface area contributed by atoms with E-state index in [1.54, 1.807) is 18.3 Å². The topological polar surface area (TPSA) is 104 Å². The van der Waals surface area contributed by atoms with Gasteiger partial charge in [-0.3, -0.25) is 4.98 Å². The van der Waals surface area contributed by atoms with Crippen LogP contribution in [0.2, 0.25) is 5.02 Å². The molecule has 1 heterocycles. The Morgan fingerprint density at radius 1 is 0.878 bits per heavy atom. The highest BCUT2D eigenvalue weighted by Gasteiger charge is 2.15. The Morgan fingerprint density at radius 2 is 1.61 bits per heavy atom. The van der Waals surface area contributed by atoms with E-state index in [-0.39, 0.29) is 25.3 Å². The zero-order valence-electron chi connectivity index (χ0n) is 23.0. The molecule has 0 bridgehead atoms. The maximum atomic E-state index is 11.3. The third kappa shape index (κ3) is 7.50. The Hall–Kier alpha value is -3.78. The van der Waals surface area contributed by atoms with Gasteiger partial charge in [-0.2, -0.15) is 0 Å². The molecule has 0 aliphatic heterocycles. The van der Waals surface area contributed by atoms with Crippen LogP contribution >= 0.6 is 23.2 Å². The molecule has 0 aliphatic carbocycles. The number of halogens is 2. The van der Waals surface area contributed by atoms with Gasteiger partial charge in [0.2, 0.25) is 0 Å². The van der Waals surface area contributed by atoms with Crippen molar-refractivity contribution in [3.05, 3.63) is 105 Å². The molecule has 41 heavy (non-hydrogen) atoms. The Balaban J connectivity index is 1.53. The van der Waals surface area contributed by atoms with Gasteiger partial charge in [0.15, 0.2) is 0 Å². The molecule has 0 fully saturated rings. The van der Waals surface area contributed by atoms with E-state index in [9.17, 15) is 9.90 Å². The number of carboxylic acid groups (broad SMARTS) is 1. The van der Waals surface area contributed by atoms with Gasteiger partial charge in [0.1, 0.15) is 30.5 Å². The second-order valence-electron chi connectivity index (χ2n) is 9.47. The number of carboxylic acids is 1. The minimum atomic E-state index is -1.05. The minimum absolute atomic E-state index is 0.0867. The molecule has 0 saturated heterocycles. The lowest BCUT2D eigenvalue weighted by atomic mass is 9.93. The molecule has 7 nitrogen and oxygen atoms in total. The second-order valence-corrected chi connectivity index (χ2v) is 10.3. The number of nitrogens with two attached hydrogens (primary N) is 1. The van der Waals surface area contributed by atoms with Crippen molar-refractivity contribution in [3.8, 4) is 28.4 Å². The Bertz CT molecular complexity index is 1530. The first-order valence-corrected chi connectivity index (χ1v) is 14.1. The van der Waals surface area contributed by atoms with Crippen LogP contribution in [0.1, 0.15) is 44.6 Å². The van der Waals surface area contributed by atoms with Crippen LogP contribution in [-0.2, 0) is 19.8 Å². The lowest BCUT2D eigenvalue weighted by Crippen LogP contribution is -2.06. The standard InChI is InChI=1S/C32H32Cl2N2O5/c1-20-23(6-3-7-26(20)27-8-4-9-29(21(27)2)39-11-5-10-33)19-41-31-14-30(24(15-35)13-28(31)34)40-18-22-12-25(32(37)38)17-36-16-22/h3-4,6-9,12-14,16-17H,5,10-11,15,18-19,35H2,1-2H3,(H,37,38). The van der Waals surface area contributed by atoms with Crippen molar-refractivity contribution in [2.75, 3.05) is 12.5 Å². The van der Waals surface area contributed by atoms with Gasteiger partial charge < -0.3 is 25.1 Å². The Kier molecular flexibility index (Phi) is 10.5. The van der Waals surface area contributed by atoms with Crippen LogP contribution < -0.4 is 19.9 Å². The lowest BCUT2D eigenvalue weighted by Gasteiger charge is -2.18. The molecule has 4 rings (SSSR count). The molecular weight excluding hydrogens is 563 g/mol. The molecule has 0 amide bonds. The predicted molar refractivity (Wildman–Crippen MR) is 161 cm³/mol. The van der Waals surface area contributed by atoms with Crippen molar-refractivity contribution in [1.29, 1.82) is 0 Å². The SMILES string of the molecule is Cc1c(COc2cc(OCc3cncc(C(=O)O)c3)c(CN)cc2Cl)cccc1-c1cccc(OCCCCl)c1C. The molecule has 0 unspecified atom stereocenters. The fourth-order valence-electron chi connectivity index (χ4n) is 4.41. The summed E-state index contributed by atoms with van der Waals surface area (Å²) in [7, 11) is 0. The van der Waals surface area contributed by atoms with Crippen molar-refractivity contribution in [1.82, 2.24) is 4.98 Å². The normalized spacial score (nSPS) is 10.9. The van der Waals surface area contributed by atoms with Crippen LogP contribution in [0, 0.1) is 13.8 Å². The number of hydrogen-bond donors (Lipinski definition) is 2.